The van der Waals surface area contributed by atoms with Crippen LogP contribution in [-0.2, 0) is 0 Å². The molecule has 5 N–H and O–H groups in total. The van der Waals surface area contributed by atoms with Gasteiger partial charge in [-0.1, -0.05) is 6.07 Å². The molecule has 0 saturated carbocycles. The third-order valence-electron chi connectivity index (χ3n) is 5.82. The molecule has 11 heteroatoms. The normalized spacial score (nSPS) is 21.8. The van der Waals surface area contributed by atoms with E-state index in [0.29, 0.717) is 67.0 Å². The van der Waals surface area contributed by atoms with Crippen molar-refractivity contribution in [2.75, 3.05) is 37.6 Å². The molecule has 0 radical (unpaired) electrons. The van der Waals surface area contributed by atoms with E-state index in [4.69, 9.17) is 19.9 Å². The first-order valence-electron chi connectivity index (χ1n) is 10.8. The molecule has 3 heterocycles. The Hall–Kier alpha value is -3.15. The quantitative estimate of drug-likeness (QED) is 0.530. The number of fused-ring (bicyclic) bond motifs is 2. The van der Waals surface area contributed by atoms with Crippen molar-refractivity contribution >= 4 is 28.4 Å². The minimum absolute atomic E-state index is 0.0124. The standard InChI is InChI=1S/C22H26N4O6S/c23-21-20-16(24-33(28,29)25-21)4-1-5-18(20)32-13-14-3-2-8-26(12-14)22(27)15-6-7-17-19(11-15)31-10-9-30-17/h1,4-7,11,14,24,28-29H,2-3,8-10,12-13H2,(H2,23,25)/t14-/m0/s1. The zero-order valence-electron chi connectivity index (χ0n) is 17.9. The number of amides is 1. The zero-order valence-corrected chi connectivity index (χ0v) is 18.7. The lowest BCUT2D eigenvalue weighted by atomic mass is 9.98. The number of nitrogens with one attached hydrogen (secondary N) is 1. The van der Waals surface area contributed by atoms with Gasteiger partial charge in [-0.15, -0.1) is 4.40 Å². The Kier molecular flexibility index (Phi) is 5.69. The number of amidine groups is 1. The second kappa shape index (κ2) is 8.65. The largest absolute Gasteiger partial charge is 0.492 e. The summed E-state index contributed by atoms with van der Waals surface area (Å²) in [7, 11) is -3.35. The minimum atomic E-state index is -3.35. The van der Waals surface area contributed by atoms with E-state index in [2.05, 4.69) is 9.12 Å². The summed E-state index contributed by atoms with van der Waals surface area (Å²) in [6, 6.07) is 10.5. The molecule has 1 fully saturated rings. The zero-order chi connectivity index (χ0) is 23.0. The molecule has 1 atom stereocenters. The van der Waals surface area contributed by atoms with E-state index in [1.165, 1.54) is 0 Å². The van der Waals surface area contributed by atoms with Gasteiger partial charge in [-0.2, -0.15) is 0 Å². The third kappa shape index (κ3) is 4.52. The van der Waals surface area contributed by atoms with Crippen LogP contribution in [0, 0.1) is 5.92 Å². The fourth-order valence-electron chi connectivity index (χ4n) is 4.31. The molecular weight excluding hydrogens is 448 g/mol. The topological polar surface area (TPSA) is 139 Å². The summed E-state index contributed by atoms with van der Waals surface area (Å²) in [4.78, 5) is 14.9. The molecule has 5 rings (SSSR count). The first kappa shape index (κ1) is 21.7. The molecule has 0 aliphatic carbocycles. The van der Waals surface area contributed by atoms with Gasteiger partial charge >= 0.3 is 0 Å². The van der Waals surface area contributed by atoms with E-state index in [-0.39, 0.29) is 17.7 Å². The summed E-state index contributed by atoms with van der Waals surface area (Å²) >= 11 is 0. The average Bonchev–Trinajstić information content (AvgIpc) is 2.81. The van der Waals surface area contributed by atoms with Crippen molar-refractivity contribution in [2.45, 2.75) is 12.8 Å². The average molecular weight is 475 g/mol. The maximum absolute atomic E-state index is 13.1. The number of ether oxygens (including phenoxy) is 3. The third-order valence-corrected chi connectivity index (χ3v) is 6.77. The Bertz CT molecular complexity index is 1110. The molecule has 3 aliphatic heterocycles. The van der Waals surface area contributed by atoms with Gasteiger partial charge in [0.15, 0.2) is 17.3 Å². The molecule has 1 amide bonds. The molecule has 0 spiro atoms. The van der Waals surface area contributed by atoms with Crippen molar-refractivity contribution in [3.05, 3.63) is 47.5 Å². The van der Waals surface area contributed by atoms with Gasteiger partial charge in [-0.05, 0) is 54.1 Å². The van der Waals surface area contributed by atoms with E-state index in [1.807, 2.05) is 4.90 Å². The lowest BCUT2D eigenvalue weighted by Crippen LogP contribution is -2.41. The number of likely N-dealkylation sites (tertiary alicyclic amines) is 1. The van der Waals surface area contributed by atoms with Gasteiger partial charge in [0.05, 0.1) is 17.9 Å². The van der Waals surface area contributed by atoms with Crippen LogP contribution in [0.1, 0.15) is 28.8 Å². The molecule has 2 aromatic rings. The van der Waals surface area contributed by atoms with Crippen molar-refractivity contribution in [2.24, 2.45) is 16.0 Å². The number of hydrogen-bond donors (Lipinski definition) is 4. The van der Waals surface area contributed by atoms with E-state index in [9.17, 15) is 13.9 Å². The van der Waals surface area contributed by atoms with Gasteiger partial charge in [0, 0.05) is 24.6 Å². The first-order chi connectivity index (χ1) is 15.9. The number of rotatable bonds is 4. The Balaban J connectivity index is 1.25. The molecule has 0 unspecified atom stereocenters. The predicted octanol–water partition coefficient (Wildman–Crippen LogP) is 3.10. The lowest BCUT2D eigenvalue weighted by Gasteiger charge is -2.34. The van der Waals surface area contributed by atoms with Gasteiger partial charge in [0.2, 0.25) is 0 Å². The van der Waals surface area contributed by atoms with Crippen molar-refractivity contribution in [1.29, 1.82) is 0 Å². The summed E-state index contributed by atoms with van der Waals surface area (Å²) in [5.74, 6) is 1.88. The highest BCUT2D eigenvalue weighted by Gasteiger charge is 2.28. The molecular formula is C22H26N4O6S. The van der Waals surface area contributed by atoms with Gasteiger partial charge in [0.1, 0.15) is 19.0 Å². The highest BCUT2D eigenvalue weighted by atomic mass is 32.3. The van der Waals surface area contributed by atoms with Crippen LogP contribution in [0.25, 0.3) is 0 Å². The van der Waals surface area contributed by atoms with E-state index in [0.717, 1.165) is 12.8 Å². The Morgan fingerprint density at radius 1 is 1.24 bits per heavy atom. The van der Waals surface area contributed by atoms with Crippen LogP contribution in [0.4, 0.5) is 5.69 Å². The Labute approximate surface area is 193 Å². The van der Waals surface area contributed by atoms with Crippen LogP contribution in [0.5, 0.6) is 17.2 Å². The van der Waals surface area contributed by atoms with Crippen LogP contribution >= 0.6 is 11.0 Å². The fourth-order valence-corrected chi connectivity index (χ4v) is 5.18. The number of hydrogen-bond acceptors (Lipinski definition) is 9. The summed E-state index contributed by atoms with van der Waals surface area (Å²) in [6.45, 7) is 2.64. The first-order valence-corrected chi connectivity index (χ1v) is 12.3. The van der Waals surface area contributed by atoms with Gasteiger partial charge in [-0.3, -0.25) is 18.6 Å². The van der Waals surface area contributed by atoms with Crippen molar-refractivity contribution in [3.8, 4) is 17.2 Å². The lowest BCUT2D eigenvalue weighted by molar-refractivity contribution is 0.0632. The highest BCUT2D eigenvalue weighted by Crippen LogP contribution is 2.47. The van der Waals surface area contributed by atoms with E-state index >= 15 is 0 Å². The molecule has 3 aliphatic rings. The fraction of sp³-hybridized carbons (Fsp3) is 0.364. The number of piperidine rings is 1. The number of nitrogens with zero attached hydrogens (tertiary/aromatic N) is 2. The Morgan fingerprint density at radius 3 is 2.91 bits per heavy atom. The minimum Gasteiger partial charge on any atom is -0.492 e. The van der Waals surface area contributed by atoms with Crippen LogP contribution in [0.3, 0.4) is 0 Å². The molecule has 10 nitrogen and oxygen atoms in total. The summed E-state index contributed by atoms with van der Waals surface area (Å²) in [5, 5.41) is 0. The van der Waals surface area contributed by atoms with Crippen molar-refractivity contribution in [1.82, 2.24) is 4.90 Å². The highest BCUT2D eigenvalue weighted by molar-refractivity contribution is 8.24. The molecule has 176 valence electrons. The summed E-state index contributed by atoms with van der Waals surface area (Å²) in [5.41, 5.74) is 7.50. The van der Waals surface area contributed by atoms with Gasteiger partial charge in [-0.25, -0.2) is 0 Å². The summed E-state index contributed by atoms with van der Waals surface area (Å²) in [6.07, 6.45) is 1.81. The van der Waals surface area contributed by atoms with E-state index in [1.54, 1.807) is 36.4 Å². The maximum Gasteiger partial charge on any atom is 0.254 e. The monoisotopic (exact) mass is 474 g/mol. The van der Waals surface area contributed by atoms with Gasteiger partial charge < -0.3 is 24.8 Å². The molecule has 33 heavy (non-hydrogen) atoms. The summed E-state index contributed by atoms with van der Waals surface area (Å²) < 4.78 is 43.2. The molecule has 0 aromatic heterocycles. The smallest absolute Gasteiger partial charge is 0.254 e. The second-order valence-electron chi connectivity index (χ2n) is 8.20. The van der Waals surface area contributed by atoms with Crippen LogP contribution in [0.2, 0.25) is 0 Å². The predicted molar refractivity (Wildman–Crippen MR) is 125 cm³/mol. The van der Waals surface area contributed by atoms with Gasteiger partial charge in [0.25, 0.3) is 5.91 Å². The van der Waals surface area contributed by atoms with Crippen LogP contribution < -0.4 is 24.7 Å². The van der Waals surface area contributed by atoms with Crippen molar-refractivity contribution < 1.29 is 28.1 Å². The number of nitrogens with two attached hydrogens (primary N) is 1. The maximum atomic E-state index is 13.1. The van der Waals surface area contributed by atoms with Crippen molar-refractivity contribution in [3.63, 3.8) is 0 Å². The Morgan fingerprint density at radius 2 is 2.06 bits per heavy atom. The van der Waals surface area contributed by atoms with Crippen LogP contribution in [0.15, 0.2) is 40.8 Å². The second-order valence-corrected chi connectivity index (χ2v) is 9.63. The van der Waals surface area contributed by atoms with Crippen LogP contribution in [-0.4, -0.2) is 58.7 Å². The molecule has 2 aromatic carbocycles. The number of carbonyl (C=O) groups excluding carboxylic acids is 1. The SMILES string of the molecule is NC1=NS(O)(O)Nc2cccc(OC[C@H]3CCCN(C(=O)c4ccc5c(c4)OCCO5)C3)c21. The number of carbonyl (C=O) groups is 1. The van der Waals surface area contributed by atoms with E-state index < -0.39 is 11.0 Å². The molecule has 0 bridgehead atoms. The number of anilines is 1. The number of benzene rings is 2. The molecule has 1 saturated heterocycles.